The summed E-state index contributed by atoms with van der Waals surface area (Å²) >= 11 is 0. The van der Waals surface area contributed by atoms with Gasteiger partial charge in [0, 0.05) is 34.7 Å². The van der Waals surface area contributed by atoms with Crippen LogP contribution in [0.4, 0.5) is 10.1 Å². The van der Waals surface area contributed by atoms with E-state index < -0.39 is 5.82 Å². The molecule has 0 saturated heterocycles. The van der Waals surface area contributed by atoms with Gasteiger partial charge >= 0.3 is 0 Å². The molecule has 9 nitrogen and oxygen atoms in total. The molecule has 4 N–H and O–H groups in total. The molecule has 0 spiro atoms. The molecule has 0 atom stereocenters. The fraction of sp³-hybridized carbons (Fsp3) is 0.107. The third-order valence-corrected chi connectivity index (χ3v) is 6.20. The summed E-state index contributed by atoms with van der Waals surface area (Å²) in [4.78, 5) is 29.0. The first-order valence-corrected chi connectivity index (χ1v) is 11.9. The SMILES string of the molecule is CC(C)C(=O)Nc1cncc(-c2cc3c(-c4nc5c(-c6cc(O)cc(F)c6)cccc5[nH]4)n[nH]c3cn2)c1. The summed E-state index contributed by atoms with van der Waals surface area (Å²) in [6.07, 6.45) is 4.96. The number of rotatable bonds is 5. The zero-order valence-corrected chi connectivity index (χ0v) is 20.5. The monoisotopic (exact) mass is 507 g/mol. The number of amides is 1. The minimum atomic E-state index is -0.534. The number of nitrogens with one attached hydrogen (secondary N) is 3. The molecular formula is C28H22FN7O2. The van der Waals surface area contributed by atoms with Gasteiger partial charge in [-0.3, -0.25) is 19.9 Å². The highest BCUT2D eigenvalue weighted by atomic mass is 19.1. The maximum absolute atomic E-state index is 14.0. The number of carbonyl (C=O) groups is 1. The van der Waals surface area contributed by atoms with Gasteiger partial charge in [0.15, 0.2) is 5.82 Å². The number of phenols is 1. The lowest BCUT2D eigenvalue weighted by molar-refractivity contribution is -0.118. The van der Waals surface area contributed by atoms with Crippen molar-refractivity contribution in [1.82, 2.24) is 30.1 Å². The molecule has 2 aromatic carbocycles. The summed E-state index contributed by atoms with van der Waals surface area (Å²) in [6.45, 7) is 3.65. The Balaban J connectivity index is 1.42. The number of phenolic OH excluding ortho intramolecular Hbond substituents is 1. The molecule has 38 heavy (non-hydrogen) atoms. The molecule has 0 unspecified atom stereocenters. The number of fused-ring (bicyclic) bond motifs is 2. The third kappa shape index (κ3) is 4.21. The van der Waals surface area contributed by atoms with Gasteiger partial charge in [0.05, 0.1) is 40.3 Å². The molecular weight excluding hydrogens is 485 g/mol. The van der Waals surface area contributed by atoms with E-state index in [1.165, 1.54) is 12.1 Å². The molecule has 6 aromatic rings. The number of aromatic hydroxyl groups is 1. The molecule has 0 fully saturated rings. The van der Waals surface area contributed by atoms with Gasteiger partial charge in [0.2, 0.25) is 5.91 Å². The Labute approximate surface area is 215 Å². The molecule has 10 heteroatoms. The van der Waals surface area contributed by atoms with E-state index >= 15 is 0 Å². The average Bonchev–Trinajstić information content (AvgIpc) is 3.51. The quantitative estimate of drug-likeness (QED) is 0.238. The zero-order chi connectivity index (χ0) is 26.4. The number of hydrogen-bond acceptors (Lipinski definition) is 6. The van der Waals surface area contributed by atoms with E-state index in [1.54, 1.807) is 18.6 Å². The molecule has 0 aliphatic carbocycles. The highest BCUT2D eigenvalue weighted by molar-refractivity contribution is 5.98. The van der Waals surface area contributed by atoms with Gasteiger partial charge in [0.1, 0.15) is 17.3 Å². The lowest BCUT2D eigenvalue weighted by atomic mass is 10.0. The highest BCUT2D eigenvalue weighted by Crippen LogP contribution is 2.34. The van der Waals surface area contributed by atoms with E-state index in [0.717, 1.165) is 28.0 Å². The lowest BCUT2D eigenvalue weighted by Crippen LogP contribution is -2.17. The molecule has 0 bridgehead atoms. The first-order chi connectivity index (χ1) is 18.4. The van der Waals surface area contributed by atoms with Crippen molar-refractivity contribution in [2.45, 2.75) is 13.8 Å². The number of hydrogen-bond donors (Lipinski definition) is 4. The number of H-pyrrole nitrogens is 2. The van der Waals surface area contributed by atoms with Crippen molar-refractivity contribution >= 4 is 33.5 Å². The fourth-order valence-corrected chi connectivity index (χ4v) is 4.30. The van der Waals surface area contributed by atoms with E-state index in [-0.39, 0.29) is 17.6 Å². The standard InChI is InChI=1S/C28H22FN7O2/c1-14(2)28(38)32-18-7-16(11-30-12-18)23-10-21-24(13-31-23)35-36-26(21)27-33-22-5-3-4-20(25(22)34-27)15-6-17(29)9-19(37)8-15/h3-14,37H,1-2H3,(H,32,38)(H,33,34)(H,35,36). The molecule has 0 radical (unpaired) electrons. The molecule has 1 amide bonds. The van der Waals surface area contributed by atoms with Crippen LogP contribution in [0.25, 0.3) is 55.8 Å². The van der Waals surface area contributed by atoms with Crippen molar-refractivity contribution in [3.63, 3.8) is 0 Å². The Hall–Kier alpha value is -5.12. The summed E-state index contributed by atoms with van der Waals surface area (Å²) in [5, 5.41) is 21.0. The van der Waals surface area contributed by atoms with E-state index in [9.17, 15) is 14.3 Å². The summed E-state index contributed by atoms with van der Waals surface area (Å²) in [6, 6.07) is 13.2. The van der Waals surface area contributed by atoms with Crippen molar-refractivity contribution in [2.75, 3.05) is 5.32 Å². The number of benzene rings is 2. The van der Waals surface area contributed by atoms with Crippen LogP contribution >= 0.6 is 0 Å². The Bertz CT molecular complexity index is 1820. The van der Waals surface area contributed by atoms with Crippen molar-refractivity contribution in [2.24, 2.45) is 5.92 Å². The van der Waals surface area contributed by atoms with Crippen LogP contribution in [0.3, 0.4) is 0 Å². The number of para-hydroxylation sites is 1. The van der Waals surface area contributed by atoms with Crippen LogP contribution < -0.4 is 5.32 Å². The van der Waals surface area contributed by atoms with Crippen molar-refractivity contribution in [3.05, 3.63) is 72.9 Å². The van der Waals surface area contributed by atoms with Crippen LogP contribution in [0.1, 0.15) is 13.8 Å². The Morgan fingerprint density at radius 2 is 1.89 bits per heavy atom. The number of aromatic nitrogens is 6. The van der Waals surface area contributed by atoms with Crippen LogP contribution in [0.2, 0.25) is 0 Å². The smallest absolute Gasteiger partial charge is 0.226 e. The Morgan fingerprint density at radius 1 is 1.03 bits per heavy atom. The largest absolute Gasteiger partial charge is 0.508 e. The lowest BCUT2D eigenvalue weighted by Gasteiger charge is -2.08. The van der Waals surface area contributed by atoms with Gasteiger partial charge in [-0.15, -0.1) is 0 Å². The zero-order valence-electron chi connectivity index (χ0n) is 20.5. The number of nitrogens with zero attached hydrogens (tertiary/aromatic N) is 4. The second kappa shape index (κ2) is 9.07. The molecule has 188 valence electrons. The number of pyridine rings is 2. The van der Waals surface area contributed by atoms with E-state index in [4.69, 9.17) is 4.98 Å². The van der Waals surface area contributed by atoms with Gasteiger partial charge in [0.25, 0.3) is 0 Å². The van der Waals surface area contributed by atoms with Crippen LogP contribution in [-0.4, -0.2) is 41.1 Å². The topological polar surface area (TPSA) is 132 Å². The van der Waals surface area contributed by atoms with Crippen LogP contribution in [-0.2, 0) is 4.79 Å². The van der Waals surface area contributed by atoms with E-state index in [1.807, 2.05) is 44.2 Å². The summed E-state index contributed by atoms with van der Waals surface area (Å²) in [5.74, 6) is -0.422. The highest BCUT2D eigenvalue weighted by Gasteiger charge is 2.17. The number of halogens is 1. The van der Waals surface area contributed by atoms with Crippen molar-refractivity contribution < 1.29 is 14.3 Å². The summed E-state index contributed by atoms with van der Waals surface area (Å²) < 4.78 is 14.0. The number of anilines is 1. The maximum atomic E-state index is 14.0. The first-order valence-electron chi connectivity index (χ1n) is 11.9. The minimum absolute atomic E-state index is 0.0952. The maximum Gasteiger partial charge on any atom is 0.226 e. The average molecular weight is 508 g/mol. The van der Waals surface area contributed by atoms with Crippen molar-refractivity contribution in [3.8, 4) is 39.7 Å². The molecule has 6 rings (SSSR count). The first kappa shape index (κ1) is 23.3. The predicted molar refractivity (Wildman–Crippen MR) is 143 cm³/mol. The summed E-state index contributed by atoms with van der Waals surface area (Å²) in [5.41, 5.74) is 5.83. The normalized spacial score (nSPS) is 11.5. The van der Waals surface area contributed by atoms with Crippen molar-refractivity contribution in [1.29, 1.82) is 0 Å². The Morgan fingerprint density at radius 3 is 2.71 bits per heavy atom. The molecule has 4 heterocycles. The number of imidazole rings is 1. The second-order valence-electron chi connectivity index (χ2n) is 9.28. The number of aromatic amines is 2. The molecule has 0 aliphatic heterocycles. The van der Waals surface area contributed by atoms with Crippen LogP contribution in [0.5, 0.6) is 5.75 Å². The fourth-order valence-electron chi connectivity index (χ4n) is 4.30. The van der Waals surface area contributed by atoms with Gasteiger partial charge in [-0.05, 0) is 35.9 Å². The van der Waals surface area contributed by atoms with Gasteiger partial charge in [-0.2, -0.15) is 5.10 Å². The molecule has 0 aliphatic rings. The molecule has 4 aromatic heterocycles. The molecule has 0 saturated carbocycles. The Kier molecular flexibility index (Phi) is 5.56. The van der Waals surface area contributed by atoms with Gasteiger partial charge in [-0.1, -0.05) is 26.0 Å². The van der Waals surface area contributed by atoms with E-state index in [0.29, 0.717) is 39.5 Å². The van der Waals surface area contributed by atoms with Gasteiger partial charge < -0.3 is 15.4 Å². The second-order valence-corrected chi connectivity index (χ2v) is 9.28. The third-order valence-electron chi connectivity index (χ3n) is 6.20. The minimum Gasteiger partial charge on any atom is -0.508 e. The van der Waals surface area contributed by atoms with Crippen LogP contribution in [0, 0.1) is 11.7 Å². The predicted octanol–water partition coefficient (Wildman–Crippen LogP) is 5.67. The number of carbonyl (C=O) groups excluding carboxylic acids is 1. The van der Waals surface area contributed by atoms with E-state index in [2.05, 4.69) is 30.5 Å². The van der Waals surface area contributed by atoms with Gasteiger partial charge in [-0.25, -0.2) is 9.37 Å². The summed E-state index contributed by atoms with van der Waals surface area (Å²) in [7, 11) is 0. The van der Waals surface area contributed by atoms with Crippen LogP contribution in [0.15, 0.2) is 67.1 Å².